The Balaban J connectivity index is 2.25. The Morgan fingerprint density at radius 2 is 2.22 bits per heavy atom. The molecule has 5 heteroatoms. The molecule has 0 unspecified atom stereocenters. The molecule has 0 atom stereocenters. The Morgan fingerprint density at radius 1 is 1.39 bits per heavy atom. The fourth-order valence-electron chi connectivity index (χ4n) is 1.49. The maximum absolute atomic E-state index is 13.4. The van der Waals surface area contributed by atoms with Crippen LogP contribution in [0.1, 0.15) is 5.56 Å². The molecule has 2 rings (SSSR count). The number of pyridine rings is 1. The summed E-state index contributed by atoms with van der Waals surface area (Å²) in [6.45, 7) is 0.641. The number of aromatic nitrogens is 1. The minimum absolute atomic E-state index is 0.362. The van der Waals surface area contributed by atoms with Gasteiger partial charge in [-0.25, -0.2) is 9.37 Å². The van der Waals surface area contributed by atoms with Crippen LogP contribution in [0.4, 0.5) is 4.39 Å². The van der Waals surface area contributed by atoms with Gasteiger partial charge in [0.15, 0.2) is 0 Å². The van der Waals surface area contributed by atoms with Crippen LogP contribution in [-0.2, 0) is 6.54 Å². The molecule has 0 saturated heterocycles. The molecule has 0 bridgehead atoms. The Morgan fingerprint density at radius 3 is 2.94 bits per heavy atom. The standard InChI is InChI=1S/C13H12BrFN2O/c1-16-8-9-3-2-6-17-13(9)18-10-4-5-11(14)12(15)7-10/h2-7,16H,8H2,1H3. The fraction of sp³-hybridized carbons (Fsp3) is 0.154. The smallest absolute Gasteiger partial charge is 0.223 e. The number of rotatable bonds is 4. The molecule has 18 heavy (non-hydrogen) atoms. The van der Waals surface area contributed by atoms with Gasteiger partial charge in [0.25, 0.3) is 0 Å². The van der Waals surface area contributed by atoms with E-state index >= 15 is 0 Å². The summed E-state index contributed by atoms with van der Waals surface area (Å²) in [6, 6.07) is 8.36. The van der Waals surface area contributed by atoms with Crippen LogP contribution in [0, 0.1) is 5.82 Å². The number of ether oxygens (including phenoxy) is 1. The predicted octanol–water partition coefficient (Wildman–Crippen LogP) is 3.49. The third-order valence-corrected chi connectivity index (χ3v) is 2.97. The van der Waals surface area contributed by atoms with E-state index in [1.807, 2.05) is 19.2 Å². The van der Waals surface area contributed by atoms with Gasteiger partial charge in [-0.15, -0.1) is 0 Å². The number of halogens is 2. The van der Waals surface area contributed by atoms with E-state index < -0.39 is 0 Å². The highest BCUT2D eigenvalue weighted by Gasteiger charge is 2.07. The molecule has 0 aliphatic rings. The van der Waals surface area contributed by atoms with Gasteiger partial charge in [0, 0.05) is 24.4 Å². The maximum atomic E-state index is 13.4. The number of nitrogens with zero attached hydrogens (tertiary/aromatic N) is 1. The van der Waals surface area contributed by atoms with Gasteiger partial charge in [0.1, 0.15) is 11.6 Å². The van der Waals surface area contributed by atoms with Gasteiger partial charge < -0.3 is 10.1 Å². The molecule has 1 N–H and O–H groups in total. The zero-order chi connectivity index (χ0) is 13.0. The summed E-state index contributed by atoms with van der Waals surface area (Å²) in [4.78, 5) is 4.15. The predicted molar refractivity (Wildman–Crippen MR) is 71.2 cm³/mol. The highest BCUT2D eigenvalue weighted by Crippen LogP contribution is 2.26. The summed E-state index contributed by atoms with van der Waals surface area (Å²) in [5.74, 6) is 0.541. The molecule has 0 fully saturated rings. The van der Waals surface area contributed by atoms with Crippen LogP contribution in [0.3, 0.4) is 0 Å². The van der Waals surface area contributed by atoms with Crippen molar-refractivity contribution in [3.05, 3.63) is 52.4 Å². The van der Waals surface area contributed by atoms with Crippen LogP contribution in [-0.4, -0.2) is 12.0 Å². The molecule has 0 amide bonds. The van der Waals surface area contributed by atoms with Crippen LogP contribution in [0.5, 0.6) is 11.6 Å². The second-order valence-corrected chi connectivity index (χ2v) is 4.53. The van der Waals surface area contributed by atoms with Crippen molar-refractivity contribution in [2.45, 2.75) is 6.54 Å². The lowest BCUT2D eigenvalue weighted by atomic mass is 10.2. The molecule has 0 saturated carbocycles. The lowest BCUT2D eigenvalue weighted by Crippen LogP contribution is -2.07. The van der Waals surface area contributed by atoms with Crippen molar-refractivity contribution in [2.24, 2.45) is 0 Å². The van der Waals surface area contributed by atoms with Gasteiger partial charge in [0.2, 0.25) is 5.88 Å². The third-order valence-electron chi connectivity index (χ3n) is 2.32. The molecule has 0 spiro atoms. The highest BCUT2D eigenvalue weighted by molar-refractivity contribution is 9.10. The SMILES string of the molecule is CNCc1cccnc1Oc1ccc(Br)c(F)c1. The van der Waals surface area contributed by atoms with Gasteiger partial charge in [-0.2, -0.15) is 0 Å². The molecule has 1 aromatic heterocycles. The molecule has 94 valence electrons. The normalized spacial score (nSPS) is 10.4. The summed E-state index contributed by atoms with van der Waals surface area (Å²) in [5.41, 5.74) is 0.920. The summed E-state index contributed by atoms with van der Waals surface area (Å²) in [6.07, 6.45) is 1.64. The van der Waals surface area contributed by atoms with Crippen LogP contribution in [0.2, 0.25) is 0 Å². The van der Waals surface area contributed by atoms with Crippen molar-refractivity contribution in [3.63, 3.8) is 0 Å². The van der Waals surface area contributed by atoms with E-state index in [2.05, 4.69) is 26.2 Å². The number of hydrogen-bond donors (Lipinski definition) is 1. The quantitative estimate of drug-likeness (QED) is 0.938. The topological polar surface area (TPSA) is 34.2 Å². The lowest BCUT2D eigenvalue weighted by molar-refractivity contribution is 0.449. The Bertz CT molecular complexity index is 548. The molecule has 3 nitrogen and oxygen atoms in total. The van der Waals surface area contributed by atoms with E-state index in [9.17, 15) is 4.39 Å². The average Bonchev–Trinajstić information content (AvgIpc) is 2.37. The zero-order valence-corrected chi connectivity index (χ0v) is 11.4. The van der Waals surface area contributed by atoms with Crippen molar-refractivity contribution in [3.8, 4) is 11.6 Å². The first-order valence-corrected chi connectivity index (χ1v) is 6.21. The second kappa shape index (κ2) is 5.93. The molecule has 1 aromatic carbocycles. The molecule has 1 heterocycles. The molecular weight excluding hydrogens is 299 g/mol. The van der Waals surface area contributed by atoms with Crippen molar-refractivity contribution < 1.29 is 9.13 Å². The van der Waals surface area contributed by atoms with Crippen LogP contribution >= 0.6 is 15.9 Å². The van der Waals surface area contributed by atoms with Gasteiger partial charge >= 0.3 is 0 Å². The van der Waals surface area contributed by atoms with Gasteiger partial charge in [-0.3, -0.25) is 0 Å². The van der Waals surface area contributed by atoms with Crippen molar-refractivity contribution >= 4 is 15.9 Å². The Labute approximate surface area is 113 Å². The number of nitrogens with one attached hydrogen (secondary N) is 1. The Kier molecular flexibility index (Phi) is 4.28. The second-order valence-electron chi connectivity index (χ2n) is 3.68. The van der Waals surface area contributed by atoms with Gasteiger partial charge in [0.05, 0.1) is 4.47 Å². The number of benzene rings is 1. The van der Waals surface area contributed by atoms with E-state index in [1.54, 1.807) is 18.3 Å². The van der Waals surface area contributed by atoms with E-state index in [0.717, 1.165) is 5.56 Å². The van der Waals surface area contributed by atoms with Crippen LogP contribution in [0.25, 0.3) is 0 Å². The summed E-state index contributed by atoms with van der Waals surface area (Å²) < 4.78 is 19.4. The number of hydrogen-bond acceptors (Lipinski definition) is 3. The van der Waals surface area contributed by atoms with Crippen molar-refractivity contribution in [1.82, 2.24) is 10.3 Å². The molecular formula is C13H12BrFN2O. The minimum Gasteiger partial charge on any atom is -0.439 e. The van der Waals surface area contributed by atoms with Crippen molar-refractivity contribution in [2.75, 3.05) is 7.05 Å². The molecule has 0 aliphatic carbocycles. The summed E-state index contributed by atoms with van der Waals surface area (Å²) >= 11 is 3.10. The fourth-order valence-corrected chi connectivity index (χ4v) is 1.74. The zero-order valence-electron chi connectivity index (χ0n) is 9.78. The van der Waals surface area contributed by atoms with Crippen LogP contribution in [0.15, 0.2) is 41.0 Å². The van der Waals surface area contributed by atoms with E-state index in [4.69, 9.17) is 4.74 Å². The van der Waals surface area contributed by atoms with E-state index in [0.29, 0.717) is 22.6 Å². The molecule has 0 aliphatic heterocycles. The third kappa shape index (κ3) is 3.05. The molecule has 2 aromatic rings. The minimum atomic E-state index is -0.362. The highest BCUT2D eigenvalue weighted by atomic mass is 79.9. The maximum Gasteiger partial charge on any atom is 0.223 e. The van der Waals surface area contributed by atoms with Gasteiger partial charge in [-0.05, 0) is 41.2 Å². The Hall–Kier alpha value is -1.46. The first kappa shape index (κ1) is 13.0. The molecule has 0 radical (unpaired) electrons. The van der Waals surface area contributed by atoms with Gasteiger partial charge in [-0.1, -0.05) is 6.07 Å². The van der Waals surface area contributed by atoms with E-state index in [-0.39, 0.29) is 5.82 Å². The summed E-state index contributed by atoms with van der Waals surface area (Å²) in [7, 11) is 1.84. The average molecular weight is 311 g/mol. The summed E-state index contributed by atoms with van der Waals surface area (Å²) in [5, 5.41) is 3.03. The first-order valence-electron chi connectivity index (χ1n) is 5.42. The monoisotopic (exact) mass is 310 g/mol. The van der Waals surface area contributed by atoms with E-state index in [1.165, 1.54) is 6.07 Å². The van der Waals surface area contributed by atoms with Crippen molar-refractivity contribution in [1.29, 1.82) is 0 Å². The largest absolute Gasteiger partial charge is 0.439 e. The first-order chi connectivity index (χ1) is 8.70. The van der Waals surface area contributed by atoms with Crippen LogP contribution < -0.4 is 10.1 Å². The lowest BCUT2D eigenvalue weighted by Gasteiger charge is -2.09.